The molecule has 2 N–H and O–H groups in total. The molecule has 1 aliphatic carbocycles. The van der Waals surface area contributed by atoms with Gasteiger partial charge in [0.25, 0.3) is 0 Å². The Labute approximate surface area is 77.1 Å². The number of carbonyl (C=O) groups is 2. The fourth-order valence-electron chi connectivity index (χ4n) is 2.04. The lowest BCUT2D eigenvalue weighted by molar-refractivity contribution is -0.147. The van der Waals surface area contributed by atoms with Crippen molar-refractivity contribution in [2.24, 2.45) is 17.6 Å². The van der Waals surface area contributed by atoms with E-state index in [0.29, 0.717) is 0 Å². The Bertz CT molecular complexity index is 270. The molecule has 4 nitrogen and oxygen atoms in total. The molecule has 2 fully saturated rings. The first kappa shape index (κ1) is 8.69. The molecule has 0 aromatic rings. The summed E-state index contributed by atoms with van der Waals surface area (Å²) in [6.45, 7) is 5.58. The summed E-state index contributed by atoms with van der Waals surface area (Å²) in [5, 5.41) is 0. The largest absolute Gasteiger partial charge is 0.326 e. The Hall–Kier alpha value is -0.900. The van der Waals surface area contributed by atoms with Crippen molar-refractivity contribution in [3.63, 3.8) is 0 Å². The number of nitrogens with two attached hydrogens (primary N) is 1. The summed E-state index contributed by atoms with van der Waals surface area (Å²) in [5.41, 5.74) is 5.19. The van der Waals surface area contributed by atoms with Crippen LogP contribution in [0.1, 0.15) is 20.8 Å². The van der Waals surface area contributed by atoms with Crippen molar-refractivity contribution in [2.75, 3.05) is 0 Å². The topological polar surface area (TPSA) is 63.4 Å². The number of amides is 2. The first-order chi connectivity index (χ1) is 5.85. The number of nitrogens with zero attached hydrogens (tertiary/aromatic N) is 1. The normalized spacial score (nSPS) is 38.2. The van der Waals surface area contributed by atoms with Crippen LogP contribution in [0.25, 0.3) is 0 Å². The van der Waals surface area contributed by atoms with E-state index in [0.717, 1.165) is 0 Å². The summed E-state index contributed by atoms with van der Waals surface area (Å²) in [7, 11) is 0. The van der Waals surface area contributed by atoms with Gasteiger partial charge in [0.15, 0.2) is 0 Å². The summed E-state index contributed by atoms with van der Waals surface area (Å²) < 4.78 is 0. The molecule has 4 heteroatoms. The highest BCUT2D eigenvalue weighted by Gasteiger charge is 2.67. The van der Waals surface area contributed by atoms with Crippen LogP contribution in [0.3, 0.4) is 0 Å². The zero-order chi connectivity index (χ0) is 9.96. The van der Waals surface area contributed by atoms with E-state index >= 15 is 0 Å². The molecule has 0 aromatic heterocycles. The molecule has 0 aromatic carbocycles. The number of carbonyl (C=O) groups excluding carboxylic acids is 2. The van der Waals surface area contributed by atoms with Gasteiger partial charge in [-0.1, -0.05) is 0 Å². The molecule has 0 radical (unpaired) electrons. The maximum atomic E-state index is 11.6. The van der Waals surface area contributed by atoms with E-state index in [9.17, 15) is 9.59 Å². The van der Waals surface area contributed by atoms with Gasteiger partial charge in [0.2, 0.25) is 11.8 Å². The minimum absolute atomic E-state index is 0.0880. The van der Waals surface area contributed by atoms with E-state index in [1.54, 1.807) is 0 Å². The number of hydrogen-bond donors (Lipinski definition) is 1. The minimum atomic E-state index is -0.401. The fraction of sp³-hybridized carbons (Fsp3) is 0.778. The summed E-state index contributed by atoms with van der Waals surface area (Å²) in [4.78, 5) is 24.6. The molecular weight excluding hydrogens is 168 g/mol. The van der Waals surface area contributed by atoms with Gasteiger partial charge in [-0.3, -0.25) is 14.5 Å². The van der Waals surface area contributed by atoms with Crippen LogP contribution in [0.2, 0.25) is 0 Å². The van der Waals surface area contributed by atoms with Crippen LogP contribution in [0, 0.1) is 11.8 Å². The van der Waals surface area contributed by atoms with E-state index in [-0.39, 0.29) is 29.7 Å². The molecule has 0 spiro atoms. The van der Waals surface area contributed by atoms with Gasteiger partial charge in [0.1, 0.15) is 0 Å². The van der Waals surface area contributed by atoms with Gasteiger partial charge < -0.3 is 5.73 Å². The predicted molar refractivity (Wildman–Crippen MR) is 46.6 cm³/mol. The maximum absolute atomic E-state index is 11.6. The number of likely N-dealkylation sites (tertiary alicyclic amines) is 1. The highest BCUT2D eigenvalue weighted by molar-refractivity contribution is 6.10. The first-order valence-corrected chi connectivity index (χ1v) is 4.49. The number of imide groups is 1. The lowest BCUT2D eigenvalue weighted by Gasteiger charge is -2.31. The van der Waals surface area contributed by atoms with E-state index in [4.69, 9.17) is 5.73 Å². The zero-order valence-electron chi connectivity index (χ0n) is 8.07. The molecule has 2 rings (SSSR count). The average molecular weight is 182 g/mol. The van der Waals surface area contributed by atoms with Crippen molar-refractivity contribution in [2.45, 2.75) is 32.4 Å². The molecule has 1 aliphatic heterocycles. The molecule has 2 aliphatic rings. The molecule has 2 unspecified atom stereocenters. The molecule has 2 atom stereocenters. The lowest BCUT2D eigenvalue weighted by Crippen LogP contribution is -2.49. The Balaban J connectivity index is 2.28. The maximum Gasteiger partial charge on any atom is 0.235 e. The Morgan fingerprint density at radius 2 is 1.54 bits per heavy atom. The predicted octanol–water partition coefficient (Wildman–Crippen LogP) is -0.273. The third kappa shape index (κ3) is 0.950. The molecule has 0 bridgehead atoms. The van der Waals surface area contributed by atoms with Crippen LogP contribution in [-0.2, 0) is 9.59 Å². The number of piperidine rings is 1. The third-order valence-corrected chi connectivity index (χ3v) is 2.76. The van der Waals surface area contributed by atoms with E-state index in [1.807, 2.05) is 20.8 Å². The second kappa shape index (κ2) is 2.12. The number of rotatable bonds is 0. The summed E-state index contributed by atoms with van der Waals surface area (Å²) in [6.07, 6.45) is 0. The molecule has 13 heavy (non-hydrogen) atoms. The Morgan fingerprint density at radius 1 is 1.15 bits per heavy atom. The number of fused-ring (bicyclic) bond motifs is 1. The Morgan fingerprint density at radius 3 is 1.85 bits per heavy atom. The van der Waals surface area contributed by atoms with Crippen LogP contribution in [0.15, 0.2) is 0 Å². The quantitative estimate of drug-likeness (QED) is 0.524. The summed E-state index contributed by atoms with van der Waals surface area (Å²) in [6, 6.07) is -0.210. The van der Waals surface area contributed by atoms with Crippen molar-refractivity contribution in [3.8, 4) is 0 Å². The number of hydrogen-bond acceptors (Lipinski definition) is 3. The van der Waals surface area contributed by atoms with Crippen molar-refractivity contribution < 1.29 is 9.59 Å². The van der Waals surface area contributed by atoms with Crippen molar-refractivity contribution >= 4 is 11.8 Å². The SMILES string of the molecule is CC(C)(C)N1C(=O)C2C(N)C2C1=O. The van der Waals surface area contributed by atoms with Gasteiger partial charge in [-0.25, -0.2) is 0 Å². The summed E-state index contributed by atoms with van der Waals surface area (Å²) in [5.74, 6) is -0.608. The first-order valence-electron chi connectivity index (χ1n) is 4.49. The van der Waals surface area contributed by atoms with Crippen LogP contribution >= 0.6 is 0 Å². The average Bonchev–Trinajstić information content (AvgIpc) is 2.48. The summed E-state index contributed by atoms with van der Waals surface area (Å²) >= 11 is 0. The third-order valence-electron chi connectivity index (χ3n) is 2.76. The Kier molecular flexibility index (Phi) is 1.42. The van der Waals surface area contributed by atoms with Gasteiger partial charge in [0, 0.05) is 11.6 Å². The van der Waals surface area contributed by atoms with E-state index in [1.165, 1.54) is 4.90 Å². The fourth-order valence-corrected chi connectivity index (χ4v) is 2.04. The van der Waals surface area contributed by atoms with Crippen LogP contribution in [0.4, 0.5) is 0 Å². The van der Waals surface area contributed by atoms with Gasteiger partial charge >= 0.3 is 0 Å². The van der Waals surface area contributed by atoms with Crippen LogP contribution in [-0.4, -0.2) is 28.3 Å². The highest BCUT2D eigenvalue weighted by Crippen LogP contribution is 2.47. The zero-order valence-corrected chi connectivity index (χ0v) is 8.07. The molecule has 1 saturated carbocycles. The molecule has 1 saturated heterocycles. The molecule has 1 heterocycles. The van der Waals surface area contributed by atoms with Crippen LogP contribution < -0.4 is 5.73 Å². The monoisotopic (exact) mass is 182 g/mol. The highest BCUT2D eigenvalue weighted by atomic mass is 16.2. The van der Waals surface area contributed by atoms with Crippen molar-refractivity contribution in [1.29, 1.82) is 0 Å². The second-order valence-electron chi connectivity index (χ2n) is 4.81. The minimum Gasteiger partial charge on any atom is -0.326 e. The van der Waals surface area contributed by atoms with Gasteiger partial charge in [-0.2, -0.15) is 0 Å². The van der Waals surface area contributed by atoms with E-state index in [2.05, 4.69) is 0 Å². The van der Waals surface area contributed by atoms with Crippen molar-refractivity contribution in [3.05, 3.63) is 0 Å². The van der Waals surface area contributed by atoms with Gasteiger partial charge in [0.05, 0.1) is 11.8 Å². The smallest absolute Gasteiger partial charge is 0.235 e. The second-order valence-corrected chi connectivity index (χ2v) is 4.81. The standard InChI is InChI=1S/C9H14N2O2/c1-9(2,3)11-7(12)4-5(6(4)10)8(11)13/h4-6H,10H2,1-3H3. The molecule has 72 valence electrons. The molecule has 2 amide bonds. The van der Waals surface area contributed by atoms with Gasteiger partial charge in [-0.15, -0.1) is 0 Å². The molecular formula is C9H14N2O2. The van der Waals surface area contributed by atoms with E-state index < -0.39 is 5.54 Å². The van der Waals surface area contributed by atoms with Crippen LogP contribution in [0.5, 0.6) is 0 Å². The van der Waals surface area contributed by atoms with Gasteiger partial charge in [-0.05, 0) is 20.8 Å². The van der Waals surface area contributed by atoms with Crippen molar-refractivity contribution in [1.82, 2.24) is 4.90 Å². The lowest BCUT2D eigenvalue weighted by atomic mass is 10.1.